The molecule has 1 atom stereocenters. The molecule has 0 aliphatic heterocycles. The summed E-state index contributed by atoms with van der Waals surface area (Å²) >= 11 is 5.95. The van der Waals surface area contributed by atoms with Gasteiger partial charge in [0.05, 0.1) is 29.3 Å². The summed E-state index contributed by atoms with van der Waals surface area (Å²) in [5.74, 6) is -2.29. The van der Waals surface area contributed by atoms with Gasteiger partial charge >= 0.3 is 0 Å². The highest BCUT2D eigenvalue weighted by atomic mass is 35.5. The van der Waals surface area contributed by atoms with Crippen molar-refractivity contribution in [1.82, 2.24) is 20.0 Å². The predicted octanol–water partition coefficient (Wildman–Crippen LogP) is 3.25. The molecule has 1 unspecified atom stereocenters. The number of carbonyl (C=O) groups excluding carboxylic acids is 1. The van der Waals surface area contributed by atoms with Crippen molar-refractivity contribution in [2.75, 3.05) is 0 Å². The molecule has 3 aromatic rings. The number of hydrogen-bond donors (Lipinski definition) is 0. The van der Waals surface area contributed by atoms with Crippen molar-refractivity contribution < 1.29 is 9.18 Å². The van der Waals surface area contributed by atoms with E-state index in [9.17, 15) is 14.4 Å². The Morgan fingerprint density at radius 3 is 2.76 bits per heavy atom. The van der Waals surface area contributed by atoms with Crippen molar-refractivity contribution in [3.8, 4) is 11.8 Å². The van der Waals surface area contributed by atoms with Crippen LogP contribution in [0.25, 0.3) is 5.69 Å². The first kappa shape index (κ1) is 16.7. The van der Waals surface area contributed by atoms with Gasteiger partial charge in [-0.15, -0.1) is 5.10 Å². The highest BCUT2D eigenvalue weighted by Gasteiger charge is 2.28. The standard InChI is InChI=1S/C17H11ClFN5O/c1-10-16(23-24(22-10)13-4-2-3-11(18)7-13)17(25)14(8-20)15-6-5-12(19)9-21-15/h2-7,9,14H,1H3. The number of carbonyl (C=O) groups is 1. The van der Waals surface area contributed by atoms with E-state index < -0.39 is 17.5 Å². The van der Waals surface area contributed by atoms with Crippen LogP contribution in [0.2, 0.25) is 5.02 Å². The zero-order valence-corrected chi connectivity index (χ0v) is 13.8. The van der Waals surface area contributed by atoms with Crippen molar-refractivity contribution in [1.29, 1.82) is 5.26 Å². The summed E-state index contributed by atoms with van der Waals surface area (Å²) in [6, 6.07) is 11.2. The average Bonchev–Trinajstić information content (AvgIpc) is 2.99. The summed E-state index contributed by atoms with van der Waals surface area (Å²) in [5, 5.41) is 18.2. The molecule has 0 amide bonds. The molecule has 0 radical (unpaired) electrons. The Morgan fingerprint density at radius 2 is 2.12 bits per heavy atom. The average molecular weight is 356 g/mol. The number of pyridine rings is 1. The second-order valence-electron chi connectivity index (χ2n) is 5.23. The zero-order chi connectivity index (χ0) is 18.0. The van der Waals surface area contributed by atoms with E-state index >= 15 is 0 Å². The van der Waals surface area contributed by atoms with Crippen molar-refractivity contribution in [2.45, 2.75) is 12.8 Å². The normalized spacial score (nSPS) is 11.8. The Bertz CT molecular complexity index is 977. The Balaban J connectivity index is 1.97. The van der Waals surface area contributed by atoms with E-state index in [1.807, 2.05) is 6.07 Å². The van der Waals surface area contributed by atoms with Gasteiger partial charge in [0.2, 0.25) is 5.78 Å². The molecule has 0 saturated carbocycles. The predicted molar refractivity (Wildman–Crippen MR) is 88.0 cm³/mol. The van der Waals surface area contributed by atoms with Gasteiger partial charge in [-0.25, -0.2) is 4.39 Å². The number of aromatic nitrogens is 4. The molecule has 0 fully saturated rings. The minimum atomic E-state index is -1.19. The van der Waals surface area contributed by atoms with Gasteiger partial charge in [-0.2, -0.15) is 15.2 Å². The largest absolute Gasteiger partial charge is 0.290 e. The SMILES string of the molecule is Cc1nn(-c2cccc(Cl)c2)nc1C(=O)C(C#N)c1ccc(F)cn1. The van der Waals surface area contributed by atoms with Crippen LogP contribution in [-0.4, -0.2) is 25.8 Å². The molecule has 1 aromatic carbocycles. The summed E-state index contributed by atoms with van der Waals surface area (Å²) in [6.07, 6.45) is 0.961. The minimum Gasteiger partial charge on any atom is -0.290 e. The lowest BCUT2D eigenvalue weighted by atomic mass is 9.98. The molecule has 8 heteroatoms. The maximum absolute atomic E-state index is 13.0. The number of rotatable bonds is 4. The number of aryl methyl sites for hydroxylation is 1. The van der Waals surface area contributed by atoms with E-state index in [4.69, 9.17) is 11.6 Å². The summed E-state index contributed by atoms with van der Waals surface area (Å²) in [5.41, 5.74) is 1.17. The van der Waals surface area contributed by atoms with Crippen LogP contribution in [0.3, 0.4) is 0 Å². The van der Waals surface area contributed by atoms with E-state index in [0.29, 0.717) is 16.4 Å². The number of nitriles is 1. The van der Waals surface area contributed by atoms with Crippen molar-refractivity contribution >= 4 is 17.4 Å². The van der Waals surface area contributed by atoms with Gasteiger partial charge in [-0.3, -0.25) is 9.78 Å². The third-order valence-corrected chi connectivity index (χ3v) is 3.73. The van der Waals surface area contributed by atoms with Crippen LogP contribution in [0.1, 0.15) is 27.8 Å². The maximum Gasteiger partial charge on any atom is 0.208 e. The van der Waals surface area contributed by atoms with Gasteiger partial charge in [0, 0.05) is 5.02 Å². The van der Waals surface area contributed by atoms with Crippen molar-refractivity contribution in [2.24, 2.45) is 0 Å². The molecule has 6 nitrogen and oxygen atoms in total. The number of nitrogens with zero attached hydrogens (tertiary/aromatic N) is 5. The van der Waals surface area contributed by atoms with E-state index in [1.165, 1.54) is 10.9 Å². The number of ketones is 1. The first-order chi connectivity index (χ1) is 12.0. The summed E-state index contributed by atoms with van der Waals surface area (Å²) in [6.45, 7) is 1.62. The Morgan fingerprint density at radius 1 is 1.32 bits per heavy atom. The molecule has 0 aliphatic carbocycles. The number of halogens is 2. The summed E-state index contributed by atoms with van der Waals surface area (Å²) < 4.78 is 13.0. The molecule has 0 N–H and O–H groups in total. The zero-order valence-electron chi connectivity index (χ0n) is 13.0. The van der Waals surface area contributed by atoms with Crippen LogP contribution in [0.4, 0.5) is 4.39 Å². The first-order valence-electron chi connectivity index (χ1n) is 7.25. The fourth-order valence-electron chi connectivity index (χ4n) is 2.28. The monoisotopic (exact) mass is 355 g/mol. The van der Waals surface area contributed by atoms with Gasteiger partial charge in [0.15, 0.2) is 11.6 Å². The van der Waals surface area contributed by atoms with E-state index in [1.54, 1.807) is 31.2 Å². The lowest BCUT2D eigenvalue weighted by Crippen LogP contribution is -2.14. The van der Waals surface area contributed by atoms with Crippen LogP contribution in [0, 0.1) is 24.1 Å². The van der Waals surface area contributed by atoms with E-state index in [2.05, 4.69) is 15.2 Å². The number of Topliss-reactive ketones (excluding diaryl/α,β-unsaturated/α-hetero) is 1. The molecule has 124 valence electrons. The molecule has 0 spiro atoms. The lowest BCUT2D eigenvalue weighted by Gasteiger charge is -2.05. The van der Waals surface area contributed by atoms with Gasteiger partial charge in [-0.05, 0) is 37.3 Å². The molecule has 2 aromatic heterocycles. The smallest absolute Gasteiger partial charge is 0.208 e. The van der Waals surface area contributed by atoms with Gasteiger partial charge in [-0.1, -0.05) is 17.7 Å². The minimum absolute atomic E-state index is 0.0534. The van der Waals surface area contributed by atoms with E-state index in [-0.39, 0.29) is 11.4 Å². The van der Waals surface area contributed by atoms with E-state index in [0.717, 1.165) is 12.3 Å². The Labute approximate surface area is 147 Å². The summed E-state index contributed by atoms with van der Waals surface area (Å²) in [4.78, 5) is 17.8. The Kier molecular flexibility index (Phi) is 4.55. The van der Waals surface area contributed by atoms with Crippen LogP contribution in [-0.2, 0) is 0 Å². The van der Waals surface area contributed by atoms with Crippen LogP contribution in [0.15, 0.2) is 42.6 Å². The second kappa shape index (κ2) is 6.79. The first-order valence-corrected chi connectivity index (χ1v) is 7.62. The topological polar surface area (TPSA) is 84.5 Å². The van der Waals surface area contributed by atoms with Crippen LogP contribution in [0.5, 0.6) is 0 Å². The molecule has 3 rings (SSSR count). The van der Waals surface area contributed by atoms with Crippen molar-refractivity contribution in [3.05, 3.63) is 70.5 Å². The third kappa shape index (κ3) is 3.39. The van der Waals surface area contributed by atoms with Gasteiger partial charge < -0.3 is 0 Å². The molecule has 0 saturated heterocycles. The number of hydrogen-bond acceptors (Lipinski definition) is 5. The van der Waals surface area contributed by atoms with Crippen LogP contribution >= 0.6 is 11.6 Å². The highest BCUT2D eigenvalue weighted by Crippen LogP contribution is 2.21. The molecule has 0 aliphatic rings. The molecule has 25 heavy (non-hydrogen) atoms. The third-order valence-electron chi connectivity index (χ3n) is 3.49. The van der Waals surface area contributed by atoms with Crippen LogP contribution < -0.4 is 0 Å². The lowest BCUT2D eigenvalue weighted by molar-refractivity contribution is 0.0971. The van der Waals surface area contributed by atoms with Gasteiger partial charge in [0.1, 0.15) is 5.82 Å². The second-order valence-corrected chi connectivity index (χ2v) is 5.67. The Hall–Kier alpha value is -3.11. The fraction of sp³-hybridized carbons (Fsp3) is 0.118. The number of benzene rings is 1. The quantitative estimate of drug-likeness (QED) is 0.671. The summed E-state index contributed by atoms with van der Waals surface area (Å²) in [7, 11) is 0. The van der Waals surface area contributed by atoms with Crippen molar-refractivity contribution in [3.63, 3.8) is 0 Å². The fourth-order valence-corrected chi connectivity index (χ4v) is 2.46. The molecular weight excluding hydrogens is 345 g/mol. The molecule has 0 bridgehead atoms. The highest BCUT2D eigenvalue weighted by molar-refractivity contribution is 6.30. The molecular formula is C17H11ClFN5O. The molecule has 2 heterocycles. The van der Waals surface area contributed by atoms with Gasteiger partial charge in [0.25, 0.3) is 0 Å². The maximum atomic E-state index is 13.0.